The highest BCUT2D eigenvalue weighted by Crippen LogP contribution is 2.15. The molecule has 0 saturated carbocycles. The lowest BCUT2D eigenvalue weighted by atomic mass is 10.2. The lowest BCUT2D eigenvalue weighted by Crippen LogP contribution is -2.40. The summed E-state index contributed by atoms with van der Waals surface area (Å²) in [5.41, 5.74) is 0. The molecule has 62 valence electrons. The van der Waals surface area contributed by atoms with Crippen molar-refractivity contribution in [1.82, 2.24) is 4.90 Å². The third-order valence-corrected chi connectivity index (χ3v) is 1.79. The number of rotatable bonds is 2. The Morgan fingerprint density at radius 2 is 2.27 bits per heavy atom. The minimum Gasteiger partial charge on any atom is -0.480 e. The van der Waals surface area contributed by atoms with Crippen LogP contribution in [0.2, 0.25) is 0 Å². The number of carboxylic acid groups (broad SMARTS) is 1. The smallest absolute Gasteiger partial charge is 0.329 e. The summed E-state index contributed by atoms with van der Waals surface area (Å²) in [6, 6.07) is -1.05. The van der Waals surface area contributed by atoms with E-state index >= 15 is 0 Å². The zero-order valence-electron chi connectivity index (χ0n) is 5.80. The first-order valence-electron chi connectivity index (χ1n) is 3.28. The molecule has 5 nitrogen and oxygen atoms in total. The Labute approximate surface area is 63.2 Å². The van der Waals surface area contributed by atoms with E-state index in [1.54, 1.807) is 0 Å². The van der Waals surface area contributed by atoms with Crippen LogP contribution in [-0.2, 0) is 9.59 Å². The molecule has 1 rings (SSSR count). The number of amides is 1. The van der Waals surface area contributed by atoms with Gasteiger partial charge in [-0.3, -0.25) is 4.79 Å². The van der Waals surface area contributed by atoms with Gasteiger partial charge in [-0.2, -0.15) is 0 Å². The highest BCUT2D eigenvalue weighted by Gasteiger charge is 2.37. The number of aliphatic carboxylic acids is 1. The van der Waals surface area contributed by atoms with Crippen LogP contribution in [0.3, 0.4) is 0 Å². The van der Waals surface area contributed by atoms with E-state index in [9.17, 15) is 9.59 Å². The van der Waals surface area contributed by atoms with Crippen LogP contribution in [0.25, 0.3) is 0 Å². The summed E-state index contributed by atoms with van der Waals surface area (Å²) >= 11 is 0. The number of carbonyl (C=O) groups excluding carboxylic acids is 1. The normalized spacial score (nSPS) is 30.5. The summed E-state index contributed by atoms with van der Waals surface area (Å²) in [5, 5.41) is 17.6. The molecule has 0 bridgehead atoms. The molecule has 2 atom stereocenters. The van der Waals surface area contributed by atoms with E-state index in [-0.39, 0.29) is 0 Å². The maximum atomic E-state index is 10.4. The highest BCUT2D eigenvalue weighted by atomic mass is 16.4. The second-order valence-electron chi connectivity index (χ2n) is 2.48. The number of aliphatic hydroxyl groups excluding tert-OH is 1. The number of likely N-dealkylation sites (tertiary alicyclic amines) is 1. The Bertz CT molecular complexity index is 181. The molecule has 1 heterocycles. The molecule has 1 fully saturated rings. The molecule has 0 aromatic rings. The third kappa shape index (κ3) is 1.32. The van der Waals surface area contributed by atoms with Crippen molar-refractivity contribution in [3.05, 3.63) is 0 Å². The van der Waals surface area contributed by atoms with Gasteiger partial charge in [-0.15, -0.1) is 0 Å². The van der Waals surface area contributed by atoms with Crippen molar-refractivity contribution >= 4 is 12.4 Å². The average molecular weight is 159 g/mol. The van der Waals surface area contributed by atoms with Crippen LogP contribution in [0.1, 0.15) is 6.42 Å². The van der Waals surface area contributed by atoms with Gasteiger partial charge in [-0.05, 0) is 6.42 Å². The van der Waals surface area contributed by atoms with E-state index in [2.05, 4.69) is 0 Å². The van der Waals surface area contributed by atoms with E-state index in [1.807, 2.05) is 0 Å². The van der Waals surface area contributed by atoms with Crippen LogP contribution in [0, 0.1) is 0 Å². The minimum absolute atomic E-state index is 0.321. The van der Waals surface area contributed by atoms with E-state index in [1.165, 1.54) is 0 Å². The van der Waals surface area contributed by atoms with Crippen LogP contribution >= 0.6 is 0 Å². The van der Waals surface area contributed by atoms with Gasteiger partial charge in [0.1, 0.15) is 0 Å². The molecule has 0 aliphatic carbocycles. The summed E-state index contributed by atoms with van der Waals surface area (Å²) < 4.78 is 0. The Kier molecular flexibility index (Phi) is 2.09. The first kappa shape index (κ1) is 8.00. The summed E-state index contributed by atoms with van der Waals surface area (Å²) in [7, 11) is 0. The summed E-state index contributed by atoms with van der Waals surface area (Å²) in [4.78, 5) is 21.7. The highest BCUT2D eigenvalue weighted by molar-refractivity contribution is 5.77. The molecular formula is C6H9NO4. The van der Waals surface area contributed by atoms with Crippen LogP contribution in [0.4, 0.5) is 0 Å². The molecule has 0 aromatic carbocycles. The number of carboxylic acids is 1. The summed E-state index contributed by atoms with van der Waals surface area (Å²) in [6.45, 7) is 0.321. The van der Waals surface area contributed by atoms with E-state index in [4.69, 9.17) is 10.2 Å². The predicted molar refractivity (Wildman–Crippen MR) is 34.8 cm³/mol. The van der Waals surface area contributed by atoms with Crippen molar-refractivity contribution in [3.8, 4) is 0 Å². The molecule has 0 aromatic heterocycles. The minimum atomic E-state index is -1.15. The van der Waals surface area contributed by atoms with Gasteiger partial charge < -0.3 is 15.1 Å². The molecule has 2 N–H and O–H groups in total. The Morgan fingerprint density at radius 3 is 2.64 bits per heavy atom. The fraction of sp³-hybridized carbons (Fsp3) is 0.667. The fourth-order valence-electron chi connectivity index (χ4n) is 1.22. The molecule has 0 radical (unpaired) electrons. The van der Waals surface area contributed by atoms with Crippen molar-refractivity contribution in [2.24, 2.45) is 0 Å². The summed E-state index contributed by atoms with van der Waals surface area (Å²) in [6.07, 6.45) is -0.122. The second-order valence-corrected chi connectivity index (χ2v) is 2.48. The van der Waals surface area contributed by atoms with Gasteiger partial charge in [0.25, 0.3) is 0 Å². The fourth-order valence-corrected chi connectivity index (χ4v) is 1.22. The number of aliphatic hydroxyl groups is 1. The number of hydrogen-bond acceptors (Lipinski definition) is 3. The monoisotopic (exact) mass is 159 g/mol. The molecule has 5 heteroatoms. The molecule has 1 saturated heterocycles. The van der Waals surface area contributed by atoms with E-state index < -0.39 is 18.1 Å². The number of hydrogen-bond donors (Lipinski definition) is 2. The zero-order chi connectivity index (χ0) is 8.43. The van der Waals surface area contributed by atoms with Crippen LogP contribution in [-0.4, -0.2) is 46.2 Å². The maximum absolute atomic E-state index is 10.4. The van der Waals surface area contributed by atoms with Crippen molar-refractivity contribution < 1.29 is 19.8 Å². The predicted octanol–water partition coefficient (Wildman–Crippen LogP) is -1.34. The van der Waals surface area contributed by atoms with Gasteiger partial charge in [-0.25, -0.2) is 4.79 Å². The van der Waals surface area contributed by atoms with E-state index in [0.29, 0.717) is 19.4 Å². The second kappa shape index (κ2) is 2.87. The van der Waals surface area contributed by atoms with Crippen molar-refractivity contribution in [2.75, 3.05) is 6.54 Å². The molecule has 11 heavy (non-hydrogen) atoms. The van der Waals surface area contributed by atoms with Crippen LogP contribution < -0.4 is 0 Å². The largest absolute Gasteiger partial charge is 0.480 e. The van der Waals surface area contributed by atoms with Crippen molar-refractivity contribution in [1.29, 1.82) is 0 Å². The molecular weight excluding hydrogens is 150 g/mol. The van der Waals surface area contributed by atoms with E-state index in [0.717, 1.165) is 4.90 Å². The lowest BCUT2D eigenvalue weighted by Gasteiger charge is -2.16. The first-order valence-corrected chi connectivity index (χ1v) is 3.28. The van der Waals surface area contributed by atoms with Crippen molar-refractivity contribution in [2.45, 2.75) is 18.6 Å². The maximum Gasteiger partial charge on any atom is 0.329 e. The Balaban J connectivity index is 2.70. The van der Waals surface area contributed by atoms with Gasteiger partial charge in [0, 0.05) is 6.54 Å². The molecule has 1 aliphatic heterocycles. The molecule has 1 aliphatic rings. The number of carbonyl (C=O) groups is 2. The topological polar surface area (TPSA) is 77.8 Å². The lowest BCUT2D eigenvalue weighted by molar-refractivity contribution is -0.147. The standard InChI is InChI=1S/C6H9NO4/c8-3-7-2-1-4(9)5(7)6(10)11/h3-5,9H,1-2H2,(H,10,11). The quantitative estimate of drug-likeness (QED) is 0.489. The third-order valence-electron chi connectivity index (χ3n) is 1.79. The van der Waals surface area contributed by atoms with Crippen LogP contribution in [0.15, 0.2) is 0 Å². The van der Waals surface area contributed by atoms with Gasteiger partial charge in [-0.1, -0.05) is 0 Å². The molecule has 0 spiro atoms. The van der Waals surface area contributed by atoms with Gasteiger partial charge in [0.15, 0.2) is 6.04 Å². The number of nitrogens with zero attached hydrogens (tertiary/aromatic N) is 1. The average Bonchev–Trinajstić information content (AvgIpc) is 2.30. The Morgan fingerprint density at radius 1 is 1.64 bits per heavy atom. The van der Waals surface area contributed by atoms with Gasteiger partial charge in [0.05, 0.1) is 6.10 Å². The van der Waals surface area contributed by atoms with Crippen molar-refractivity contribution in [3.63, 3.8) is 0 Å². The summed E-state index contributed by atoms with van der Waals surface area (Å²) in [5.74, 6) is -1.15. The Hall–Kier alpha value is -1.10. The molecule has 2 unspecified atom stereocenters. The SMILES string of the molecule is O=CN1CCC(O)C1C(=O)O. The van der Waals surface area contributed by atoms with Crippen LogP contribution in [0.5, 0.6) is 0 Å². The first-order chi connectivity index (χ1) is 5.16. The zero-order valence-corrected chi connectivity index (χ0v) is 5.80. The molecule has 1 amide bonds. The van der Waals surface area contributed by atoms with Gasteiger partial charge >= 0.3 is 5.97 Å². The van der Waals surface area contributed by atoms with Gasteiger partial charge in [0.2, 0.25) is 6.41 Å².